The van der Waals surface area contributed by atoms with Crippen molar-refractivity contribution in [3.05, 3.63) is 35.9 Å². The van der Waals surface area contributed by atoms with Gasteiger partial charge in [0.1, 0.15) is 0 Å². The molecule has 0 unspecified atom stereocenters. The van der Waals surface area contributed by atoms with E-state index < -0.39 is 6.04 Å². The second kappa shape index (κ2) is 7.17. The fourth-order valence-electron chi connectivity index (χ4n) is 1.89. The highest BCUT2D eigenvalue weighted by molar-refractivity contribution is 5.82. The average molecular weight is 248 g/mol. The van der Waals surface area contributed by atoms with Gasteiger partial charge in [-0.3, -0.25) is 4.79 Å². The molecule has 0 radical (unpaired) electrons. The van der Waals surface area contributed by atoms with Gasteiger partial charge in [0.05, 0.1) is 12.1 Å². The van der Waals surface area contributed by atoms with Crippen LogP contribution in [-0.2, 0) is 4.79 Å². The van der Waals surface area contributed by atoms with Gasteiger partial charge in [-0.1, -0.05) is 57.5 Å². The molecule has 1 amide bonds. The van der Waals surface area contributed by atoms with E-state index in [0.717, 1.165) is 18.4 Å². The molecule has 0 bridgehead atoms. The summed E-state index contributed by atoms with van der Waals surface area (Å²) in [5, 5.41) is 3.03. The van der Waals surface area contributed by atoms with Gasteiger partial charge in [-0.15, -0.1) is 0 Å². The van der Waals surface area contributed by atoms with E-state index in [0.29, 0.717) is 0 Å². The maximum absolute atomic E-state index is 12.0. The first-order valence-electron chi connectivity index (χ1n) is 6.71. The van der Waals surface area contributed by atoms with Gasteiger partial charge in [-0.25, -0.2) is 0 Å². The monoisotopic (exact) mass is 248 g/mol. The molecule has 1 rings (SSSR count). The van der Waals surface area contributed by atoms with Crippen LogP contribution in [0.3, 0.4) is 0 Å². The van der Waals surface area contributed by atoms with Crippen molar-refractivity contribution < 1.29 is 4.79 Å². The van der Waals surface area contributed by atoms with Gasteiger partial charge in [0.2, 0.25) is 5.91 Å². The van der Waals surface area contributed by atoms with Gasteiger partial charge < -0.3 is 11.1 Å². The fraction of sp³-hybridized carbons (Fsp3) is 0.533. The Morgan fingerprint density at radius 2 is 1.83 bits per heavy atom. The molecule has 0 spiro atoms. The quantitative estimate of drug-likeness (QED) is 0.813. The third-order valence-corrected chi connectivity index (χ3v) is 3.49. The number of nitrogens with one attached hydrogen (secondary N) is 1. The Kier molecular flexibility index (Phi) is 5.86. The molecule has 0 fully saturated rings. The first-order valence-corrected chi connectivity index (χ1v) is 6.71. The summed E-state index contributed by atoms with van der Waals surface area (Å²) in [7, 11) is 0. The number of hydrogen-bond donors (Lipinski definition) is 2. The lowest BCUT2D eigenvalue weighted by molar-refractivity contribution is -0.124. The van der Waals surface area contributed by atoms with E-state index in [-0.39, 0.29) is 17.9 Å². The summed E-state index contributed by atoms with van der Waals surface area (Å²) < 4.78 is 0. The molecule has 3 N–H and O–H groups in total. The number of hydrogen-bond acceptors (Lipinski definition) is 2. The minimum absolute atomic E-state index is 0.0498. The van der Waals surface area contributed by atoms with Gasteiger partial charge in [0.15, 0.2) is 0 Å². The Labute approximate surface area is 110 Å². The summed E-state index contributed by atoms with van der Waals surface area (Å²) in [6, 6.07) is 9.63. The van der Waals surface area contributed by atoms with E-state index in [9.17, 15) is 4.79 Å². The molecule has 1 aromatic rings. The molecular weight excluding hydrogens is 224 g/mol. The Hall–Kier alpha value is -1.35. The highest BCUT2D eigenvalue weighted by Crippen LogP contribution is 2.16. The van der Waals surface area contributed by atoms with Gasteiger partial charge in [-0.05, 0) is 17.9 Å². The van der Waals surface area contributed by atoms with Gasteiger partial charge in [0, 0.05) is 0 Å². The maximum Gasteiger partial charge on any atom is 0.237 e. The maximum atomic E-state index is 12.0. The van der Waals surface area contributed by atoms with Crippen LogP contribution in [0.2, 0.25) is 0 Å². The molecule has 0 aliphatic rings. The summed E-state index contributed by atoms with van der Waals surface area (Å²) in [5.41, 5.74) is 7.07. The van der Waals surface area contributed by atoms with Crippen molar-refractivity contribution in [1.29, 1.82) is 0 Å². The summed E-state index contributed by atoms with van der Waals surface area (Å²) in [4.78, 5) is 12.0. The lowest BCUT2D eigenvalue weighted by atomic mass is 9.98. The molecule has 0 saturated heterocycles. The molecule has 0 aromatic heterocycles. The van der Waals surface area contributed by atoms with E-state index in [1.54, 1.807) is 0 Å². The third-order valence-electron chi connectivity index (χ3n) is 3.49. The van der Waals surface area contributed by atoms with Gasteiger partial charge in [0.25, 0.3) is 0 Å². The highest BCUT2D eigenvalue weighted by atomic mass is 16.2. The van der Waals surface area contributed by atoms with Crippen molar-refractivity contribution >= 4 is 5.91 Å². The number of amides is 1. The summed E-state index contributed by atoms with van der Waals surface area (Å²) >= 11 is 0. The van der Waals surface area contributed by atoms with Gasteiger partial charge >= 0.3 is 0 Å². The molecular formula is C15H24N2O. The van der Waals surface area contributed by atoms with Crippen LogP contribution in [0.4, 0.5) is 0 Å². The van der Waals surface area contributed by atoms with Crippen LogP contribution in [0.25, 0.3) is 0 Å². The minimum atomic E-state index is -0.423. The average Bonchev–Trinajstić information content (AvgIpc) is 2.43. The molecule has 1 aromatic carbocycles. The number of benzene rings is 1. The Morgan fingerprint density at radius 3 is 2.33 bits per heavy atom. The van der Waals surface area contributed by atoms with E-state index >= 15 is 0 Å². The first kappa shape index (κ1) is 14.7. The van der Waals surface area contributed by atoms with Crippen LogP contribution in [0.1, 0.15) is 45.2 Å². The predicted molar refractivity (Wildman–Crippen MR) is 75.0 cm³/mol. The predicted octanol–water partition coefficient (Wildman–Crippen LogP) is 2.63. The summed E-state index contributed by atoms with van der Waals surface area (Å²) in [6.45, 7) is 6.12. The normalized spacial score (nSPS) is 15.8. The molecule has 0 heterocycles. The van der Waals surface area contributed by atoms with Crippen molar-refractivity contribution in [3.8, 4) is 0 Å². The topological polar surface area (TPSA) is 55.1 Å². The largest absolute Gasteiger partial charge is 0.348 e. The molecule has 0 aliphatic heterocycles. The molecule has 3 heteroatoms. The van der Waals surface area contributed by atoms with E-state index in [2.05, 4.69) is 12.2 Å². The van der Waals surface area contributed by atoms with Gasteiger partial charge in [-0.2, -0.15) is 0 Å². The van der Waals surface area contributed by atoms with Crippen LogP contribution in [0, 0.1) is 5.92 Å². The Bertz CT molecular complexity index is 364. The van der Waals surface area contributed by atoms with Crippen molar-refractivity contribution in [2.75, 3.05) is 0 Å². The molecule has 0 saturated carbocycles. The molecule has 100 valence electrons. The van der Waals surface area contributed by atoms with Crippen molar-refractivity contribution in [1.82, 2.24) is 5.32 Å². The van der Waals surface area contributed by atoms with E-state index in [1.165, 1.54) is 0 Å². The second-order valence-corrected chi connectivity index (χ2v) is 4.79. The van der Waals surface area contributed by atoms with Crippen molar-refractivity contribution in [2.24, 2.45) is 11.7 Å². The van der Waals surface area contributed by atoms with Crippen LogP contribution >= 0.6 is 0 Å². The Morgan fingerprint density at radius 1 is 1.22 bits per heavy atom. The minimum Gasteiger partial charge on any atom is -0.348 e. The zero-order valence-corrected chi connectivity index (χ0v) is 11.5. The SMILES string of the molecule is CC[C@@H](NC(=O)[C@H](N)[C@@H](C)CC)c1ccccc1. The highest BCUT2D eigenvalue weighted by Gasteiger charge is 2.22. The smallest absolute Gasteiger partial charge is 0.237 e. The zero-order chi connectivity index (χ0) is 13.5. The standard InChI is InChI=1S/C15H24N2O/c1-4-11(3)14(16)15(18)17-13(5-2)12-9-7-6-8-10-12/h6-11,13-14H,4-5,16H2,1-3H3,(H,17,18)/t11-,13+,14+/m0/s1. The lowest BCUT2D eigenvalue weighted by Gasteiger charge is -2.23. The summed E-state index contributed by atoms with van der Waals surface area (Å²) in [5.74, 6) is 0.151. The van der Waals surface area contributed by atoms with Crippen LogP contribution in [-0.4, -0.2) is 11.9 Å². The number of carbonyl (C=O) groups is 1. The van der Waals surface area contributed by atoms with Crippen LogP contribution in [0.5, 0.6) is 0 Å². The van der Waals surface area contributed by atoms with Crippen molar-refractivity contribution in [3.63, 3.8) is 0 Å². The number of nitrogens with two attached hydrogens (primary N) is 1. The second-order valence-electron chi connectivity index (χ2n) is 4.79. The van der Waals surface area contributed by atoms with E-state index in [1.807, 2.05) is 44.2 Å². The molecule has 0 aliphatic carbocycles. The number of rotatable bonds is 6. The first-order chi connectivity index (χ1) is 8.60. The number of carbonyl (C=O) groups excluding carboxylic acids is 1. The van der Waals surface area contributed by atoms with Crippen LogP contribution < -0.4 is 11.1 Å². The third kappa shape index (κ3) is 3.84. The summed E-state index contributed by atoms with van der Waals surface area (Å²) in [6.07, 6.45) is 1.78. The lowest BCUT2D eigenvalue weighted by Crippen LogP contribution is -2.45. The van der Waals surface area contributed by atoms with Crippen LogP contribution in [0.15, 0.2) is 30.3 Å². The van der Waals surface area contributed by atoms with Crippen molar-refractivity contribution in [2.45, 2.75) is 45.7 Å². The zero-order valence-electron chi connectivity index (χ0n) is 11.5. The molecule has 3 atom stereocenters. The molecule has 18 heavy (non-hydrogen) atoms. The van der Waals surface area contributed by atoms with E-state index in [4.69, 9.17) is 5.73 Å². The molecule has 3 nitrogen and oxygen atoms in total. The fourth-order valence-corrected chi connectivity index (χ4v) is 1.89. The Balaban J connectivity index is 2.67.